The fourth-order valence-corrected chi connectivity index (χ4v) is 9.29. The number of rotatable bonds is 3. The molecule has 0 saturated heterocycles. The molecule has 0 radical (unpaired) electrons. The molecule has 0 saturated carbocycles. The topological polar surface area (TPSA) is 0 Å². The van der Waals surface area contributed by atoms with Gasteiger partial charge in [0, 0.05) is 15.7 Å². The van der Waals surface area contributed by atoms with Gasteiger partial charge in [-0.05, 0) is 94.2 Å². The normalized spacial score (nSPS) is 12.8. The number of hydrogen-bond donors (Lipinski definition) is 0. The Labute approximate surface area is 284 Å². The monoisotopic (exact) mass is 626 g/mol. The van der Waals surface area contributed by atoms with Gasteiger partial charge in [0.25, 0.3) is 0 Å². The molecular formula is C47H30S. The van der Waals surface area contributed by atoms with E-state index in [0.717, 1.165) is 0 Å². The van der Waals surface area contributed by atoms with E-state index < -0.39 is 0 Å². The van der Waals surface area contributed by atoms with Crippen molar-refractivity contribution in [3.05, 3.63) is 193 Å². The van der Waals surface area contributed by atoms with Gasteiger partial charge in [-0.25, -0.2) is 0 Å². The van der Waals surface area contributed by atoms with Crippen molar-refractivity contribution in [1.29, 1.82) is 0 Å². The van der Waals surface area contributed by atoms with Crippen LogP contribution in [0.15, 0.2) is 186 Å². The van der Waals surface area contributed by atoms with Crippen LogP contribution in [-0.2, 0) is 0 Å². The molecule has 224 valence electrons. The summed E-state index contributed by atoms with van der Waals surface area (Å²) in [6.45, 7) is 0. The molecule has 9 aromatic rings. The van der Waals surface area contributed by atoms with Crippen molar-refractivity contribution in [3.8, 4) is 22.3 Å². The van der Waals surface area contributed by atoms with Gasteiger partial charge in [0.05, 0.1) is 0 Å². The van der Waals surface area contributed by atoms with Crippen LogP contribution < -0.4 is 0 Å². The predicted molar refractivity (Wildman–Crippen MR) is 205 cm³/mol. The average Bonchev–Trinajstić information content (AvgIpc) is 3.17. The van der Waals surface area contributed by atoms with Crippen molar-refractivity contribution in [2.24, 2.45) is 0 Å². The van der Waals surface area contributed by atoms with Crippen LogP contribution >= 0.6 is 11.8 Å². The molecule has 0 atom stereocenters. The number of benzene rings is 9. The van der Waals surface area contributed by atoms with E-state index in [4.69, 9.17) is 0 Å². The first kappa shape index (κ1) is 27.5. The molecule has 0 aliphatic carbocycles. The lowest BCUT2D eigenvalue weighted by molar-refractivity contribution is 0.926. The van der Waals surface area contributed by atoms with Crippen LogP contribution in [-0.4, -0.2) is 0 Å². The molecule has 9 aromatic carbocycles. The zero-order chi connectivity index (χ0) is 31.6. The van der Waals surface area contributed by atoms with Crippen molar-refractivity contribution in [2.45, 2.75) is 15.7 Å². The summed E-state index contributed by atoms with van der Waals surface area (Å²) in [5.74, 6) is 0.115. The minimum atomic E-state index is 0.115. The van der Waals surface area contributed by atoms with Gasteiger partial charge in [-0.1, -0.05) is 176 Å². The van der Waals surface area contributed by atoms with Crippen LogP contribution in [0, 0.1) is 0 Å². The quantitative estimate of drug-likeness (QED) is 0.176. The second-order valence-electron chi connectivity index (χ2n) is 12.8. The van der Waals surface area contributed by atoms with Gasteiger partial charge < -0.3 is 0 Å². The Morgan fingerprint density at radius 2 is 0.729 bits per heavy atom. The first-order valence-electron chi connectivity index (χ1n) is 16.6. The molecule has 0 aromatic heterocycles. The summed E-state index contributed by atoms with van der Waals surface area (Å²) < 4.78 is 0. The van der Waals surface area contributed by atoms with Crippen LogP contribution in [0.1, 0.15) is 22.6 Å². The highest BCUT2D eigenvalue weighted by atomic mass is 32.2. The Kier molecular flexibility index (Phi) is 6.28. The Bertz CT molecular complexity index is 2600. The van der Waals surface area contributed by atoms with Crippen molar-refractivity contribution in [2.75, 3.05) is 0 Å². The molecule has 10 rings (SSSR count). The Hall–Kier alpha value is -5.63. The van der Waals surface area contributed by atoms with Crippen LogP contribution in [0.2, 0.25) is 0 Å². The molecule has 1 aliphatic rings. The van der Waals surface area contributed by atoms with Crippen molar-refractivity contribution < 1.29 is 0 Å². The summed E-state index contributed by atoms with van der Waals surface area (Å²) in [5.41, 5.74) is 9.20. The standard InChI is InChI=1S/C47H30S/c1-2-14-32(15-3-1)43-39-20-10-8-18-37(39)38-19-9-11-21-40(38)44(43)33-22-24-34(25-23-33)45-46-35-16-6-4-12-30(35)26-28-41(46)48-42-29-27-31-13-5-7-17-36(31)47(42)45/h1-29,45H. The predicted octanol–water partition coefficient (Wildman–Crippen LogP) is 13.3. The lowest BCUT2D eigenvalue weighted by atomic mass is 9.79. The van der Waals surface area contributed by atoms with E-state index >= 15 is 0 Å². The summed E-state index contributed by atoms with van der Waals surface area (Å²) >= 11 is 1.91. The third-order valence-electron chi connectivity index (χ3n) is 10.2. The third-order valence-corrected chi connectivity index (χ3v) is 11.3. The minimum Gasteiger partial charge on any atom is -0.0894 e. The maximum absolute atomic E-state index is 2.39. The Morgan fingerprint density at radius 3 is 1.25 bits per heavy atom. The summed E-state index contributed by atoms with van der Waals surface area (Å²) in [6, 6.07) is 65.2. The Balaban J connectivity index is 1.24. The molecule has 0 bridgehead atoms. The smallest absolute Gasteiger partial charge is 0.0374 e. The van der Waals surface area contributed by atoms with Crippen molar-refractivity contribution in [1.82, 2.24) is 0 Å². The number of hydrogen-bond acceptors (Lipinski definition) is 1. The minimum absolute atomic E-state index is 0.115. The highest BCUT2D eigenvalue weighted by Gasteiger charge is 2.31. The zero-order valence-corrected chi connectivity index (χ0v) is 27.0. The summed E-state index contributed by atoms with van der Waals surface area (Å²) in [6.07, 6.45) is 0. The molecule has 0 spiro atoms. The first-order chi connectivity index (χ1) is 23.8. The van der Waals surface area contributed by atoms with E-state index in [1.54, 1.807) is 0 Å². The van der Waals surface area contributed by atoms with E-state index in [1.165, 1.54) is 91.8 Å². The molecule has 1 heteroatoms. The van der Waals surface area contributed by atoms with E-state index in [-0.39, 0.29) is 5.92 Å². The second kappa shape index (κ2) is 11.0. The SMILES string of the molecule is c1ccc(-c2c(-c3ccc(C4c5c(ccc6ccccc56)Sc5ccc6ccccc6c54)cc3)c3ccccc3c3ccccc23)cc1. The van der Waals surface area contributed by atoms with E-state index in [0.29, 0.717) is 0 Å². The van der Waals surface area contributed by atoms with Gasteiger partial charge in [-0.15, -0.1) is 0 Å². The molecule has 0 amide bonds. The number of fused-ring (bicyclic) bond motifs is 9. The highest BCUT2D eigenvalue weighted by molar-refractivity contribution is 7.99. The second-order valence-corrected chi connectivity index (χ2v) is 13.8. The van der Waals surface area contributed by atoms with Gasteiger partial charge in [0.1, 0.15) is 0 Å². The Morgan fingerprint density at radius 1 is 0.312 bits per heavy atom. The fourth-order valence-electron chi connectivity index (χ4n) is 8.11. The molecule has 0 fully saturated rings. The molecule has 0 unspecified atom stereocenters. The third kappa shape index (κ3) is 4.18. The fraction of sp³-hybridized carbons (Fsp3) is 0.0213. The summed E-state index contributed by atoms with van der Waals surface area (Å²) in [7, 11) is 0. The molecular weight excluding hydrogens is 597 g/mol. The first-order valence-corrected chi connectivity index (χ1v) is 17.5. The molecule has 48 heavy (non-hydrogen) atoms. The van der Waals surface area contributed by atoms with E-state index in [1.807, 2.05) is 11.8 Å². The van der Waals surface area contributed by atoms with Gasteiger partial charge in [0.2, 0.25) is 0 Å². The van der Waals surface area contributed by atoms with Crippen LogP contribution in [0.25, 0.3) is 65.3 Å². The molecule has 0 N–H and O–H groups in total. The lowest BCUT2D eigenvalue weighted by Gasteiger charge is -2.31. The largest absolute Gasteiger partial charge is 0.0894 e. The maximum atomic E-state index is 2.39. The molecule has 1 heterocycles. The highest BCUT2D eigenvalue weighted by Crippen LogP contribution is 2.53. The van der Waals surface area contributed by atoms with Crippen LogP contribution in [0.3, 0.4) is 0 Å². The molecule has 1 aliphatic heterocycles. The summed E-state index contributed by atoms with van der Waals surface area (Å²) in [5, 5.41) is 10.4. The summed E-state index contributed by atoms with van der Waals surface area (Å²) in [4.78, 5) is 2.69. The zero-order valence-electron chi connectivity index (χ0n) is 26.2. The van der Waals surface area contributed by atoms with Gasteiger partial charge >= 0.3 is 0 Å². The van der Waals surface area contributed by atoms with E-state index in [9.17, 15) is 0 Å². The van der Waals surface area contributed by atoms with Crippen LogP contribution in [0.4, 0.5) is 0 Å². The van der Waals surface area contributed by atoms with Gasteiger partial charge in [0.15, 0.2) is 0 Å². The lowest BCUT2D eigenvalue weighted by Crippen LogP contribution is -2.11. The average molecular weight is 627 g/mol. The van der Waals surface area contributed by atoms with E-state index in [2.05, 4.69) is 176 Å². The van der Waals surface area contributed by atoms with Crippen molar-refractivity contribution in [3.63, 3.8) is 0 Å². The van der Waals surface area contributed by atoms with Gasteiger partial charge in [-0.2, -0.15) is 0 Å². The van der Waals surface area contributed by atoms with Crippen LogP contribution in [0.5, 0.6) is 0 Å². The maximum Gasteiger partial charge on any atom is 0.0374 e. The van der Waals surface area contributed by atoms with Crippen molar-refractivity contribution >= 4 is 54.9 Å². The molecule has 0 nitrogen and oxygen atoms in total. The van der Waals surface area contributed by atoms with Gasteiger partial charge in [-0.3, -0.25) is 0 Å².